The number of hydrogen-bond donors (Lipinski definition) is 1. The molecule has 3 rings (SSSR count). The van der Waals surface area contributed by atoms with Crippen molar-refractivity contribution in [2.75, 3.05) is 6.54 Å². The minimum absolute atomic E-state index is 0.107. The summed E-state index contributed by atoms with van der Waals surface area (Å²) in [6.07, 6.45) is 1.97. The standard InChI is InChI=1S/C13H15N3O4S2/c17-12(18)8-9-4-1-2-7-16(9)22(19,20)11-6-3-5-10-13(11)15-21-14-10/h3,5-6,9H,1-2,4,7-8H2,(H,17,18). The van der Waals surface area contributed by atoms with Crippen LogP contribution in [0, 0.1) is 0 Å². The second kappa shape index (κ2) is 5.90. The van der Waals surface area contributed by atoms with Gasteiger partial charge in [0.15, 0.2) is 0 Å². The molecule has 0 bridgehead atoms. The van der Waals surface area contributed by atoms with Gasteiger partial charge in [-0.1, -0.05) is 12.5 Å². The smallest absolute Gasteiger partial charge is 0.304 e. The quantitative estimate of drug-likeness (QED) is 0.908. The van der Waals surface area contributed by atoms with Gasteiger partial charge in [0.2, 0.25) is 10.0 Å². The van der Waals surface area contributed by atoms with Crippen molar-refractivity contribution >= 4 is 38.8 Å². The second-order valence-corrected chi connectivity index (χ2v) is 7.64. The molecule has 9 heteroatoms. The maximum absolute atomic E-state index is 13.0. The highest BCUT2D eigenvalue weighted by Gasteiger charge is 2.36. The lowest BCUT2D eigenvalue weighted by Gasteiger charge is -2.33. The Kier molecular flexibility index (Phi) is 4.11. The van der Waals surface area contributed by atoms with Crippen molar-refractivity contribution < 1.29 is 18.3 Å². The van der Waals surface area contributed by atoms with Crippen molar-refractivity contribution in [3.63, 3.8) is 0 Å². The van der Waals surface area contributed by atoms with Crippen LogP contribution in [0.5, 0.6) is 0 Å². The third kappa shape index (κ3) is 2.71. The van der Waals surface area contributed by atoms with E-state index in [2.05, 4.69) is 8.75 Å². The molecular formula is C13H15N3O4S2. The number of rotatable bonds is 4. The SMILES string of the molecule is O=C(O)CC1CCCCN1S(=O)(=O)c1cccc2nsnc12. The number of carboxylic acids is 1. The number of aromatic nitrogens is 2. The summed E-state index contributed by atoms with van der Waals surface area (Å²) in [4.78, 5) is 11.1. The average molecular weight is 341 g/mol. The summed E-state index contributed by atoms with van der Waals surface area (Å²) in [5, 5.41) is 9.02. The molecule has 1 fully saturated rings. The van der Waals surface area contributed by atoms with Crippen molar-refractivity contribution in [2.24, 2.45) is 0 Å². The Labute approximate surface area is 132 Å². The normalized spacial score (nSPS) is 20.3. The van der Waals surface area contributed by atoms with Gasteiger partial charge in [-0.2, -0.15) is 13.1 Å². The van der Waals surface area contributed by atoms with Gasteiger partial charge in [0.1, 0.15) is 15.9 Å². The van der Waals surface area contributed by atoms with E-state index in [9.17, 15) is 13.2 Å². The van der Waals surface area contributed by atoms with E-state index >= 15 is 0 Å². The lowest BCUT2D eigenvalue weighted by Crippen LogP contribution is -2.44. The molecule has 2 heterocycles. The van der Waals surface area contributed by atoms with E-state index in [1.54, 1.807) is 12.1 Å². The molecule has 2 aromatic rings. The number of fused-ring (bicyclic) bond motifs is 1. The highest BCUT2D eigenvalue weighted by molar-refractivity contribution is 7.89. The number of nitrogens with zero attached hydrogens (tertiary/aromatic N) is 3. The Morgan fingerprint density at radius 3 is 2.95 bits per heavy atom. The van der Waals surface area contributed by atoms with E-state index in [1.807, 2.05) is 0 Å². The molecule has 0 amide bonds. The molecule has 0 radical (unpaired) electrons. The van der Waals surface area contributed by atoms with E-state index in [1.165, 1.54) is 10.4 Å². The highest BCUT2D eigenvalue weighted by Crippen LogP contribution is 2.30. The van der Waals surface area contributed by atoms with Gasteiger partial charge in [-0.15, -0.1) is 0 Å². The van der Waals surface area contributed by atoms with Crippen molar-refractivity contribution in [2.45, 2.75) is 36.6 Å². The van der Waals surface area contributed by atoms with Crippen LogP contribution in [0.25, 0.3) is 11.0 Å². The fourth-order valence-electron chi connectivity index (χ4n) is 2.81. The van der Waals surface area contributed by atoms with E-state index < -0.39 is 22.0 Å². The first-order valence-corrected chi connectivity index (χ1v) is 9.12. The van der Waals surface area contributed by atoms with Crippen molar-refractivity contribution in [1.82, 2.24) is 13.1 Å². The van der Waals surface area contributed by atoms with Gasteiger partial charge in [0, 0.05) is 12.6 Å². The first-order valence-electron chi connectivity index (χ1n) is 6.95. The predicted octanol–water partition coefficient (Wildman–Crippen LogP) is 1.71. The molecule has 7 nitrogen and oxygen atoms in total. The van der Waals surface area contributed by atoms with Gasteiger partial charge in [0.25, 0.3) is 0 Å². The zero-order valence-electron chi connectivity index (χ0n) is 11.7. The molecular weight excluding hydrogens is 326 g/mol. The average Bonchev–Trinajstić information content (AvgIpc) is 2.95. The van der Waals surface area contributed by atoms with Gasteiger partial charge in [0.05, 0.1) is 18.1 Å². The monoisotopic (exact) mass is 341 g/mol. The van der Waals surface area contributed by atoms with E-state index in [-0.39, 0.29) is 11.3 Å². The van der Waals surface area contributed by atoms with Crippen LogP contribution in [0.4, 0.5) is 0 Å². The first-order chi connectivity index (χ1) is 10.5. The minimum Gasteiger partial charge on any atom is -0.481 e. The molecule has 0 aliphatic carbocycles. The highest BCUT2D eigenvalue weighted by atomic mass is 32.2. The molecule has 0 saturated carbocycles. The van der Waals surface area contributed by atoms with E-state index in [0.29, 0.717) is 24.0 Å². The van der Waals surface area contributed by atoms with Crippen LogP contribution >= 0.6 is 11.7 Å². The molecule has 1 atom stereocenters. The number of sulfonamides is 1. The van der Waals surface area contributed by atoms with Crippen LogP contribution in [0.15, 0.2) is 23.1 Å². The van der Waals surface area contributed by atoms with E-state index in [4.69, 9.17) is 5.11 Å². The summed E-state index contributed by atoms with van der Waals surface area (Å²) in [5.41, 5.74) is 0.894. The van der Waals surface area contributed by atoms with Crippen molar-refractivity contribution in [1.29, 1.82) is 0 Å². The van der Waals surface area contributed by atoms with Crippen molar-refractivity contribution in [3.8, 4) is 0 Å². The largest absolute Gasteiger partial charge is 0.481 e. The first kappa shape index (κ1) is 15.3. The summed E-state index contributed by atoms with van der Waals surface area (Å²) in [6.45, 7) is 0.342. The van der Waals surface area contributed by atoms with E-state index in [0.717, 1.165) is 24.6 Å². The topological polar surface area (TPSA) is 100 Å². The summed E-state index contributed by atoms with van der Waals surface area (Å²) < 4.78 is 35.4. The van der Waals surface area contributed by atoms with Gasteiger partial charge < -0.3 is 5.11 Å². The van der Waals surface area contributed by atoms with Gasteiger partial charge in [-0.3, -0.25) is 4.79 Å². The van der Waals surface area contributed by atoms with Gasteiger partial charge in [-0.05, 0) is 25.0 Å². The zero-order chi connectivity index (χ0) is 15.7. The molecule has 1 saturated heterocycles. The van der Waals surface area contributed by atoms with Crippen LogP contribution in [0.2, 0.25) is 0 Å². The van der Waals surface area contributed by atoms with Crippen molar-refractivity contribution in [3.05, 3.63) is 18.2 Å². The number of carbonyl (C=O) groups is 1. The Bertz CT molecular complexity index is 802. The molecule has 22 heavy (non-hydrogen) atoms. The lowest BCUT2D eigenvalue weighted by molar-refractivity contribution is -0.138. The second-order valence-electron chi connectivity index (χ2n) is 5.25. The van der Waals surface area contributed by atoms with Crippen LogP contribution in [0.3, 0.4) is 0 Å². The Morgan fingerprint density at radius 1 is 1.36 bits per heavy atom. The number of benzene rings is 1. The molecule has 0 spiro atoms. The summed E-state index contributed by atoms with van der Waals surface area (Å²) in [7, 11) is -3.78. The third-order valence-electron chi connectivity index (χ3n) is 3.82. The number of carboxylic acid groups (broad SMARTS) is 1. The fraction of sp³-hybridized carbons (Fsp3) is 0.462. The van der Waals surface area contributed by atoms with Crippen LogP contribution in [-0.2, 0) is 14.8 Å². The molecule has 1 aliphatic rings. The summed E-state index contributed by atoms with van der Waals surface area (Å²) in [6, 6.07) is 4.35. The molecule has 1 aromatic heterocycles. The Balaban J connectivity index is 2.04. The minimum atomic E-state index is -3.78. The lowest BCUT2D eigenvalue weighted by atomic mass is 10.0. The molecule has 1 aliphatic heterocycles. The molecule has 118 valence electrons. The maximum Gasteiger partial charge on any atom is 0.304 e. The molecule has 1 aromatic carbocycles. The molecule has 1 N–H and O–H groups in total. The summed E-state index contributed by atoms with van der Waals surface area (Å²) in [5.74, 6) is -0.986. The van der Waals surface area contributed by atoms with Crippen LogP contribution < -0.4 is 0 Å². The fourth-order valence-corrected chi connectivity index (χ4v) is 5.26. The number of aliphatic carboxylic acids is 1. The van der Waals surface area contributed by atoms with Crippen LogP contribution in [0.1, 0.15) is 25.7 Å². The van der Waals surface area contributed by atoms with Gasteiger partial charge in [-0.25, -0.2) is 8.42 Å². The zero-order valence-corrected chi connectivity index (χ0v) is 13.3. The Hall–Kier alpha value is -1.58. The molecule has 1 unspecified atom stereocenters. The van der Waals surface area contributed by atoms with Gasteiger partial charge >= 0.3 is 5.97 Å². The predicted molar refractivity (Wildman–Crippen MR) is 81.2 cm³/mol. The number of piperidine rings is 1. The third-order valence-corrected chi connectivity index (χ3v) is 6.34. The number of hydrogen-bond acceptors (Lipinski definition) is 6. The maximum atomic E-state index is 13.0. The van der Waals surface area contributed by atoms with Crippen LogP contribution in [-0.4, -0.2) is 45.1 Å². The summed E-state index contributed by atoms with van der Waals surface area (Å²) >= 11 is 0.964. The Morgan fingerprint density at radius 2 is 2.18 bits per heavy atom.